The molecule has 2 aliphatic heterocycles. The summed E-state index contributed by atoms with van der Waals surface area (Å²) < 4.78 is 17.6. The van der Waals surface area contributed by atoms with Crippen molar-refractivity contribution in [3.8, 4) is 17.2 Å². The van der Waals surface area contributed by atoms with Gasteiger partial charge in [0, 0.05) is 5.56 Å². The van der Waals surface area contributed by atoms with Crippen LogP contribution in [0.3, 0.4) is 0 Å². The van der Waals surface area contributed by atoms with E-state index in [2.05, 4.69) is 37.0 Å². The van der Waals surface area contributed by atoms with Crippen LogP contribution < -0.4 is 19.9 Å². The van der Waals surface area contributed by atoms with Crippen LogP contribution in [-0.4, -0.2) is 25.5 Å². The van der Waals surface area contributed by atoms with Crippen molar-refractivity contribution < 1.29 is 23.8 Å². The average Bonchev–Trinajstić information content (AvgIpc) is 3.07. The molecule has 1 amide bonds. The van der Waals surface area contributed by atoms with Crippen molar-refractivity contribution in [2.45, 2.75) is 13.0 Å². The molecule has 1 aromatic carbocycles. The summed E-state index contributed by atoms with van der Waals surface area (Å²) in [6.07, 6.45) is -0.505. The normalized spacial score (nSPS) is 22.3. The van der Waals surface area contributed by atoms with Crippen LogP contribution in [0.2, 0.25) is 0 Å². The van der Waals surface area contributed by atoms with Crippen molar-refractivity contribution in [3.05, 3.63) is 14.5 Å². The van der Waals surface area contributed by atoms with Gasteiger partial charge in [0.1, 0.15) is 0 Å². The van der Waals surface area contributed by atoms with E-state index in [9.17, 15) is 4.79 Å². The molecule has 0 bridgehead atoms. The van der Waals surface area contributed by atoms with Gasteiger partial charge in [0.15, 0.2) is 23.3 Å². The van der Waals surface area contributed by atoms with Gasteiger partial charge in [0.2, 0.25) is 12.5 Å². The van der Waals surface area contributed by atoms with Gasteiger partial charge >= 0.3 is 0 Å². The van der Waals surface area contributed by atoms with E-state index in [1.54, 1.807) is 0 Å². The van der Waals surface area contributed by atoms with Gasteiger partial charge in [0.05, 0.1) is 22.0 Å². The van der Waals surface area contributed by atoms with Gasteiger partial charge in [-0.1, -0.05) is 12.1 Å². The van der Waals surface area contributed by atoms with E-state index in [1.165, 1.54) is 7.11 Å². The smallest absolute Gasteiger partial charge is 0.266 e. The monoisotopic (exact) mass is 434 g/mol. The third kappa shape index (κ3) is 2.14. The molecule has 0 saturated heterocycles. The fraction of sp³-hybridized carbons (Fsp3) is 0.385. The first-order valence-electron chi connectivity index (χ1n) is 6.35. The first-order valence-corrected chi connectivity index (χ1v) is 7.93. The highest BCUT2D eigenvalue weighted by Crippen LogP contribution is 2.55. The number of nitrogens with two attached hydrogens (primary N) is 1. The summed E-state index contributed by atoms with van der Waals surface area (Å²) in [4.78, 5) is 16.8. The number of hydrogen-bond donors (Lipinski definition) is 1. The van der Waals surface area contributed by atoms with E-state index in [1.807, 2.05) is 6.92 Å². The number of primary amides is 1. The lowest BCUT2D eigenvalue weighted by molar-refractivity contribution is -0.112. The van der Waals surface area contributed by atoms with Crippen molar-refractivity contribution >= 4 is 43.5 Å². The number of carbonyl (C=O) groups excluding carboxylic acids is 1. The van der Waals surface area contributed by atoms with Crippen LogP contribution in [0.1, 0.15) is 18.6 Å². The highest BCUT2D eigenvalue weighted by atomic mass is 79.9. The summed E-state index contributed by atoms with van der Waals surface area (Å²) in [5.74, 6) is 0.615. The minimum Gasteiger partial charge on any atom is -0.492 e. The van der Waals surface area contributed by atoms with Crippen molar-refractivity contribution in [3.63, 3.8) is 0 Å². The molecule has 2 atom stereocenters. The molecule has 0 aliphatic carbocycles. The number of amides is 1. The van der Waals surface area contributed by atoms with E-state index in [4.69, 9.17) is 24.8 Å². The predicted molar refractivity (Wildman–Crippen MR) is 84.1 cm³/mol. The largest absolute Gasteiger partial charge is 0.492 e. The molecule has 0 spiro atoms. The third-order valence-electron chi connectivity index (χ3n) is 3.58. The van der Waals surface area contributed by atoms with Crippen molar-refractivity contribution in [1.29, 1.82) is 0 Å². The van der Waals surface area contributed by atoms with Gasteiger partial charge in [-0.25, -0.2) is 0 Å². The number of halogens is 2. The number of ether oxygens (including phenoxy) is 3. The molecule has 2 heterocycles. The zero-order chi connectivity index (χ0) is 16.0. The van der Waals surface area contributed by atoms with Crippen LogP contribution in [-0.2, 0) is 9.63 Å². The third-order valence-corrected chi connectivity index (χ3v) is 5.16. The minimum atomic E-state index is -0.602. The van der Waals surface area contributed by atoms with E-state index in [0.717, 1.165) is 0 Å². The molecule has 1 aromatic rings. The topological polar surface area (TPSA) is 92.4 Å². The molecule has 0 radical (unpaired) electrons. The van der Waals surface area contributed by atoms with Crippen LogP contribution >= 0.6 is 31.9 Å². The van der Waals surface area contributed by atoms with Crippen LogP contribution in [0.25, 0.3) is 0 Å². The van der Waals surface area contributed by atoms with E-state index in [0.29, 0.717) is 31.8 Å². The van der Waals surface area contributed by atoms with Crippen molar-refractivity contribution in [1.82, 2.24) is 0 Å². The summed E-state index contributed by atoms with van der Waals surface area (Å²) in [6, 6.07) is 0. The Kier molecular flexibility index (Phi) is 3.94. The fourth-order valence-electron chi connectivity index (χ4n) is 2.49. The molecule has 118 valence electrons. The minimum absolute atomic E-state index is 0.101. The Balaban J connectivity index is 2.11. The standard InChI is InChI=1S/C13H12Br2N2O5/c1-4-8(13(16)18)17-22-9(4)5-6(14)10(19-2)12-11(7(5)15)20-3-21-12/h4,9H,3H2,1-2H3,(H2,16,18)/t4-,9+/m0/s1. The Labute approximate surface area is 143 Å². The Morgan fingerprint density at radius 2 is 2.00 bits per heavy atom. The Hall–Kier alpha value is -1.48. The molecule has 0 unspecified atom stereocenters. The molecule has 22 heavy (non-hydrogen) atoms. The average molecular weight is 436 g/mol. The Morgan fingerprint density at radius 3 is 2.59 bits per heavy atom. The number of rotatable bonds is 3. The molecule has 3 rings (SSSR count). The van der Waals surface area contributed by atoms with E-state index in [-0.39, 0.29) is 18.4 Å². The quantitative estimate of drug-likeness (QED) is 0.787. The van der Waals surface area contributed by atoms with Gasteiger partial charge in [-0.2, -0.15) is 0 Å². The lowest BCUT2D eigenvalue weighted by atomic mass is 9.93. The number of carbonyl (C=O) groups is 1. The highest BCUT2D eigenvalue weighted by Gasteiger charge is 2.40. The summed E-state index contributed by atoms with van der Waals surface area (Å²) in [7, 11) is 1.53. The molecular weight excluding hydrogens is 424 g/mol. The van der Waals surface area contributed by atoms with Gasteiger partial charge in [0.25, 0.3) is 5.91 Å². The molecular formula is C13H12Br2N2O5. The first kappa shape index (κ1) is 15.4. The number of methoxy groups -OCH3 is 1. The second kappa shape index (κ2) is 5.62. The first-order chi connectivity index (χ1) is 10.5. The molecule has 7 nitrogen and oxygen atoms in total. The van der Waals surface area contributed by atoms with Gasteiger partial charge < -0.3 is 24.8 Å². The molecule has 9 heteroatoms. The zero-order valence-corrected chi connectivity index (χ0v) is 14.9. The fourth-order valence-corrected chi connectivity index (χ4v) is 4.24. The lowest BCUT2D eigenvalue weighted by Crippen LogP contribution is -2.28. The van der Waals surface area contributed by atoms with Crippen LogP contribution in [0.5, 0.6) is 17.2 Å². The van der Waals surface area contributed by atoms with Gasteiger partial charge in [-0.05, 0) is 31.9 Å². The van der Waals surface area contributed by atoms with Crippen molar-refractivity contribution in [2.75, 3.05) is 13.9 Å². The summed E-state index contributed by atoms with van der Waals surface area (Å²) in [5, 5.41) is 3.79. The van der Waals surface area contributed by atoms with Crippen molar-refractivity contribution in [2.24, 2.45) is 16.8 Å². The zero-order valence-electron chi connectivity index (χ0n) is 11.7. The lowest BCUT2D eigenvalue weighted by Gasteiger charge is -2.20. The second-order valence-electron chi connectivity index (χ2n) is 4.80. The summed E-state index contributed by atoms with van der Waals surface area (Å²) in [6.45, 7) is 1.92. The second-order valence-corrected chi connectivity index (χ2v) is 6.38. The van der Waals surface area contributed by atoms with Gasteiger partial charge in [-0.15, -0.1) is 0 Å². The number of oxime groups is 1. The molecule has 0 aromatic heterocycles. The van der Waals surface area contributed by atoms with Crippen LogP contribution in [0, 0.1) is 5.92 Å². The predicted octanol–water partition coefficient (Wildman–Crippen LogP) is 2.50. The van der Waals surface area contributed by atoms with Crippen LogP contribution in [0.15, 0.2) is 14.1 Å². The Bertz CT molecular complexity index is 692. The summed E-state index contributed by atoms with van der Waals surface area (Å²) >= 11 is 7.01. The molecule has 0 saturated carbocycles. The van der Waals surface area contributed by atoms with Crippen LogP contribution in [0.4, 0.5) is 0 Å². The van der Waals surface area contributed by atoms with Gasteiger partial charge in [-0.3, -0.25) is 4.79 Å². The molecule has 2 N–H and O–H groups in total. The highest BCUT2D eigenvalue weighted by molar-refractivity contribution is 9.11. The van der Waals surface area contributed by atoms with E-state index < -0.39 is 12.0 Å². The number of nitrogens with zero attached hydrogens (tertiary/aromatic N) is 1. The molecule has 0 fully saturated rings. The molecule has 2 aliphatic rings. The number of benzene rings is 1. The maximum atomic E-state index is 11.4. The Morgan fingerprint density at radius 1 is 1.32 bits per heavy atom. The summed E-state index contributed by atoms with van der Waals surface area (Å²) in [5.41, 5.74) is 6.22. The SMILES string of the molecule is COc1c(Br)c([C@@H]2ON=C(C(N)=O)[C@@H]2C)c(Br)c2c1OCO2. The maximum absolute atomic E-state index is 11.4. The number of fused-ring (bicyclic) bond motifs is 1. The number of hydrogen-bond acceptors (Lipinski definition) is 6. The maximum Gasteiger partial charge on any atom is 0.266 e. The van der Waals surface area contributed by atoms with E-state index >= 15 is 0 Å².